The molecule has 182 valence electrons. The van der Waals surface area contributed by atoms with Gasteiger partial charge in [-0.1, -0.05) is 36.4 Å². The highest BCUT2D eigenvalue weighted by Crippen LogP contribution is 2.29. The molecule has 0 aliphatic carbocycles. The lowest BCUT2D eigenvalue weighted by molar-refractivity contribution is -0.154. The second kappa shape index (κ2) is 9.10. The second-order valence-electron chi connectivity index (χ2n) is 8.27. The zero-order valence-electron chi connectivity index (χ0n) is 18.5. The van der Waals surface area contributed by atoms with Crippen molar-refractivity contribution in [1.82, 2.24) is 15.2 Å². The van der Waals surface area contributed by atoms with Gasteiger partial charge in [0, 0.05) is 0 Å². The molecule has 1 unspecified atom stereocenters. The summed E-state index contributed by atoms with van der Waals surface area (Å²) >= 11 is 1.41. The fourth-order valence-corrected chi connectivity index (χ4v) is 4.76. The van der Waals surface area contributed by atoms with Crippen LogP contribution in [0.4, 0.5) is 18.0 Å². The van der Waals surface area contributed by atoms with Gasteiger partial charge in [0.1, 0.15) is 23.5 Å². The van der Waals surface area contributed by atoms with Gasteiger partial charge in [-0.15, -0.1) is 11.3 Å². The van der Waals surface area contributed by atoms with Gasteiger partial charge < -0.3 is 10.1 Å². The van der Waals surface area contributed by atoms with Crippen LogP contribution in [0, 0.1) is 5.41 Å². The van der Waals surface area contributed by atoms with Crippen molar-refractivity contribution < 1.29 is 32.9 Å². The Kier molecular flexibility index (Phi) is 6.32. The molecule has 4 rings (SSSR count). The summed E-state index contributed by atoms with van der Waals surface area (Å²) in [5, 5.41) is 16.8. The number of nitrogens with two attached hydrogens (primary N) is 1. The zero-order chi connectivity index (χ0) is 25.4. The number of urea groups is 1. The van der Waals surface area contributed by atoms with E-state index >= 15 is 0 Å². The summed E-state index contributed by atoms with van der Waals surface area (Å²) in [6.45, 7) is -0.477. The summed E-state index contributed by atoms with van der Waals surface area (Å²) < 4.78 is 44.2. The highest BCUT2D eigenvalue weighted by Gasteiger charge is 2.51. The number of carbonyl (C=O) groups is 2. The quantitative estimate of drug-likeness (QED) is 0.272. The number of thiazole rings is 1. The highest BCUT2D eigenvalue weighted by molar-refractivity contribution is 7.18. The number of hydrogen-bond acceptors (Lipinski definition) is 6. The van der Waals surface area contributed by atoms with Crippen LogP contribution in [0.15, 0.2) is 48.5 Å². The Labute approximate surface area is 201 Å². The third kappa shape index (κ3) is 5.48. The molecular formula is C23H21F3N5O3S+. The predicted molar refractivity (Wildman–Crippen MR) is 124 cm³/mol. The minimum atomic E-state index is -4.74. The van der Waals surface area contributed by atoms with Gasteiger partial charge in [-0.3, -0.25) is 15.1 Å². The summed E-state index contributed by atoms with van der Waals surface area (Å²) in [7, 11) is 0. The number of nitrogens with one attached hydrogen (secondary N) is 2. The molecule has 1 aliphatic heterocycles. The molecule has 3 amide bonds. The molecule has 1 atom stereocenters. The molecule has 8 nitrogen and oxygen atoms in total. The van der Waals surface area contributed by atoms with Crippen molar-refractivity contribution in [3.63, 3.8) is 0 Å². The fraction of sp³-hybridized carbons (Fsp3) is 0.261. The zero-order valence-corrected chi connectivity index (χ0v) is 19.3. The first-order valence-electron chi connectivity index (χ1n) is 10.5. The number of hydrogen-bond donors (Lipinski definition) is 3. The van der Waals surface area contributed by atoms with Crippen LogP contribution >= 0.6 is 11.3 Å². The molecule has 1 saturated heterocycles. The van der Waals surface area contributed by atoms with Crippen LogP contribution < -0.4 is 10.7 Å². The lowest BCUT2D eigenvalue weighted by atomic mass is 9.98. The molecule has 1 aliphatic rings. The van der Waals surface area contributed by atoms with Crippen LogP contribution in [0.1, 0.15) is 18.4 Å². The van der Waals surface area contributed by atoms with Crippen LogP contribution in [-0.2, 0) is 16.0 Å². The topological polar surface area (TPSA) is 121 Å². The first kappa shape index (κ1) is 24.3. The van der Waals surface area contributed by atoms with Crippen molar-refractivity contribution in [1.29, 1.82) is 5.41 Å². The van der Waals surface area contributed by atoms with Gasteiger partial charge >= 0.3 is 18.1 Å². The maximum absolute atomic E-state index is 12.7. The van der Waals surface area contributed by atoms with Crippen molar-refractivity contribution in [3.05, 3.63) is 53.5 Å². The van der Waals surface area contributed by atoms with E-state index in [1.165, 1.54) is 18.3 Å². The number of nitrogens with zero attached hydrogens (tertiary/aromatic N) is 2. The number of aromatic nitrogens is 1. The third-order valence-electron chi connectivity index (χ3n) is 5.32. The number of halogens is 3. The minimum Gasteiger partial charge on any atom is -0.394 e. The fourth-order valence-electron chi connectivity index (χ4n) is 3.75. The average molecular weight is 505 g/mol. The van der Waals surface area contributed by atoms with Crippen molar-refractivity contribution in [2.75, 3.05) is 6.54 Å². The molecule has 4 N–H and O–H groups in total. The van der Waals surface area contributed by atoms with Gasteiger partial charge in [-0.25, -0.2) is 15.2 Å². The number of imide groups is 1. The number of carbonyl (C=O) groups excluding carboxylic acids is 2. The van der Waals surface area contributed by atoms with Gasteiger partial charge in [-0.05, 0) is 30.2 Å². The Morgan fingerprint density at radius 1 is 1.20 bits per heavy atom. The minimum absolute atomic E-state index is 0.0649. The number of ether oxygens (including phenoxy) is 1. The molecule has 0 radical (unpaired) electrons. The van der Waals surface area contributed by atoms with Crippen LogP contribution in [0.5, 0.6) is 0 Å². The first-order chi connectivity index (χ1) is 16.4. The van der Waals surface area contributed by atoms with Gasteiger partial charge in [0.25, 0.3) is 5.91 Å². The third-order valence-corrected chi connectivity index (χ3v) is 6.33. The molecule has 12 heteroatoms. The average Bonchev–Trinajstić information content (AvgIpc) is 3.25. The molecule has 0 saturated carbocycles. The standard InChI is InChI=1S/C23H20F3N5O3S/c1-22(20(32)31(21(33)30-22)12-23(24,25)26)11-18(28)34-17(27)10-19-29-15-8-7-14(9-16(15)35-19)13-5-3-2-4-6-13/h2-9,27-28H,10-12H2,1H3,(H,30,33)/p+1. The van der Waals surface area contributed by atoms with Gasteiger partial charge in [-0.2, -0.15) is 13.2 Å². The summed E-state index contributed by atoms with van der Waals surface area (Å²) in [6.07, 6.45) is -5.11. The first-order valence-corrected chi connectivity index (χ1v) is 11.3. The lowest BCUT2D eigenvalue weighted by Crippen LogP contribution is -2.49. The second-order valence-corrected chi connectivity index (χ2v) is 9.39. The van der Waals surface area contributed by atoms with E-state index in [0.29, 0.717) is 5.01 Å². The normalized spacial score (nSPS) is 18.1. The molecule has 3 aromatic rings. The Balaban J connectivity index is 1.38. The molecule has 1 fully saturated rings. The van der Waals surface area contributed by atoms with Crippen molar-refractivity contribution in [2.24, 2.45) is 0 Å². The molecule has 0 spiro atoms. The lowest BCUT2D eigenvalue weighted by Gasteiger charge is -2.21. The van der Waals surface area contributed by atoms with E-state index < -0.39 is 42.5 Å². The number of alkyl halides is 3. The van der Waals surface area contributed by atoms with Crippen molar-refractivity contribution >= 4 is 45.3 Å². The monoisotopic (exact) mass is 504 g/mol. The largest absolute Gasteiger partial charge is 0.406 e. The Bertz CT molecular complexity index is 1320. The Morgan fingerprint density at radius 3 is 2.60 bits per heavy atom. The Hall–Kier alpha value is -3.80. The summed E-state index contributed by atoms with van der Waals surface area (Å²) in [4.78, 5) is 28.9. The van der Waals surface area contributed by atoms with E-state index in [0.717, 1.165) is 21.3 Å². The number of rotatable bonds is 6. The summed E-state index contributed by atoms with van der Waals surface area (Å²) in [6, 6.07) is 14.6. The maximum Gasteiger partial charge on any atom is 0.406 e. The van der Waals surface area contributed by atoms with Crippen LogP contribution in [0.25, 0.3) is 21.3 Å². The molecule has 35 heavy (non-hydrogen) atoms. The van der Waals surface area contributed by atoms with E-state index in [9.17, 15) is 22.8 Å². The molecule has 1 aromatic heterocycles. The molecular weight excluding hydrogens is 483 g/mol. The van der Waals surface area contributed by atoms with Crippen LogP contribution in [-0.4, -0.2) is 51.9 Å². The van der Waals surface area contributed by atoms with Crippen molar-refractivity contribution in [2.45, 2.75) is 31.5 Å². The predicted octanol–water partition coefficient (Wildman–Crippen LogP) is 2.92. The SMILES string of the molecule is CC1(CC(=N)OC(=[NH2+])Cc2nc3ccc(-c4ccccc4)cc3s2)NC(=O)N(CC(F)(F)F)C1=O. The Morgan fingerprint density at radius 2 is 1.91 bits per heavy atom. The summed E-state index contributed by atoms with van der Waals surface area (Å²) in [5.41, 5.74) is 1.15. The molecule has 2 heterocycles. The number of fused-ring (bicyclic) bond motifs is 1. The van der Waals surface area contributed by atoms with E-state index in [1.807, 2.05) is 48.5 Å². The van der Waals surface area contributed by atoms with Crippen LogP contribution in [0.2, 0.25) is 0 Å². The van der Waals surface area contributed by atoms with Gasteiger partial charge in [0.15, 0.2) is 5.90 Å². The molecule has 0 bridgehead atoms. The van der Waals surface area contributed by atoms with Crippen LogP contribution in [0.3, 0.4) is 0 Å². The van der Waals surface area contributed by atoms with E-state index in [-0.39, 0.29) is 17.2 Å². The summed E-state index contributed by atoms with van der Waals surface area (Å²) in [5.74, 6) is -1.63. The maximum atomic E-state index is 12.7. The van der Waals surface area contributed by atoms with E-state index in [1.54, 1.807) is 0 Å². The molecule has 2 aromatic carbocycles. The van der Waals surface area contributed by atoms with Gasteiger partial charge in [0.05, 0.1) is 16.6 Å². The highest BCUT2D eigenvalue weighted by atomic mass is 32.1. The van der Waals surface area contributed by atoms with E-state index in [2.05, 4.69) is 10.3 Å². The van der Waals surface area contributed by atoms with Crippen molar-refractivity contribution in [3.8, 4) is 11.1 Å². The smallest absolute Gasteiger partial charge is 0.394 e. The number of amides is 3. The van der Waals surface area contributed by atoms with E-state index in [4.69, 9.17) is 15.6 Å². The van der Waals surface area contributed by atoms with Gasteiger partial charge in [0.2, 0.25) is 0 Å². The number of benzene rings is 2.